The third kappa shape index (κ3) is 3.52. The smallest absolute Gasteiger partial charge is 0.129 e. The van der Waals surface area contributed by atoms with Gasteiger partial charge in [-0.2, -0.15) is 5.26 Å². The fourth-order valence-corrected chi connectivity index (χ4v) is 3.47. The molecule has 0 aliphatic carbocycles. The molecule has 126 valence electrons. The van der Waals surface area contributed by atoms with Crippen LogP contribution < -0.4 is 4.74 Å². The molecule has 0 unspecified atom stereocenters. The van der Waals surface area contributed by atoms with E-state index < -0.39 is 0 Å². The summed E-state index contributed by atoms with van der Waals surface area (Å²) in [5.41, 5.74) is 3.10. The molecular formula is C21H21N3O. The maximum absolute atomic E-state index is 8.88. The summed E-state index contributed by atoms with van der Waals surface area (Å²) in [7, 11) is 0. The molecule has 1 fully saturated rings. The van der Waals surface area contributed by atoms with Gasteiger partial charge in [-0.1, -0.05) is 18.2 Å². The zero-order chi connectivity index (χ0) is 17.1. The third-order valence-corrected chi connectivity index (χ3v) is 4.87. The highest BCUT2D eigenvalue weighted by atomic mass is 16.5. The first kappa shape index (κ1) is 15.7. The van der Waals surface area contributed by atoms with Crippen molar-refractivity contribution in [2.24, 2.45) is 0 Å². The Morgan fingerprint density at radius 3 is 2.64 bits per heavy atom. The number of ether oxygens (including phenoxy) is 1. The Labute approximate surface area is 147 Å². The first-order valence-electron chi connectivity index (χ1n) is 8.76. The van der Waals surface area contributed by atoms with E-state index in [1.165, 1.54) is 5.56 Å². The van der Waals surface area contributed by atoms with Crippen molar-refractivity contribution in [2.75, 3.05) is 13.1 Å². The number of aromatic nitrogens is 1. The largest absolute Gasteiger partial charge is 0.490 e. The van der Waals surface area contributed by atoms with Gasteiger partial charge in [0.1, 0.15) is 11.9 Å². The van der Waals surface area contributed by atoms with Gasteiger partial charge in [0.15, 0.2) is 0 Å². The predicted octanol–water partition coefficient (Wildman–Crippen LogP) is 4.08. The molecule has 25 heavy (non-hydrogen) atoms. The molecule has 2 heterocycles. The SMILES string of the molecule is N#Cc1ccc(CN2CCC(Oc3cccc4[nH]ccc34)CC2)cc1. The molecule has 0 radical (unpaired) electrons. The molecule has 0 atom stereocenters. The molecule has 1 N–H and O–H groups in total. The maximum Gasteiger partial charge on any atom is 0.129 e. The van der Waals surface area contributed by atoms with Crippen molar-refractivity contribution in [2.45, 2.75) is 25.5 Å². The number of likely N-dealkylation sites (tertiary alicyclic amines) is 1. The number of hydrogen-bond acceptors (Lipinski definition) is 3. The molecule has 4 nitrogen and oxygen atoms in total. The first-order valence-corrected chi connectivity index (χ1v) is 8.76. The standard InChI is InChI=1S/C21H21N3O/c22-14-16-4-6-17(7-5-16)15-24-12-9-18(10-13-24)25-21-3-1-2-20-19(21)8-11-23-20/h1-8,11,18,23H,9-10,12-13,15H2. The first-order chi connectivity index (χ1) is 12.3. The van der Waals surface area contributed by atoms with E-state index in [2.05, 4.69) is 34.2 Å². The van der Waals surface area contributed by atoms with Crippen molar-refractivity contribution in [3.63, 3.8) is 0 Å². The van der Waals surface area contributed by atoms with Crippen LogP contribution in [0.15, 0.2) is 54.7 Å². The normalized spacial score (nSPS) is 16.0. The number of nitrogens with one attached hydrogen (secondary N) is 1. The van der Waals surface area contributed by atoms with Crippen LogP contribution in [0.5, 0.6) is 5.75 Å². The lowest BCUT2D eigenvalue weighted by Gasteiger charge is -2.32. The Bertz CT molecular complexity index is 883. The van der Waals surface area contributed by atoms with E-state index in [1.807, 2.05) is 36.5 Å². The summed E-state index contributed by atoms with van der Waals surface area (Å²) < 4.78 is 6.27. The summed E-state index contributed by atoms with van der Waals surface area (Å²) in [5, 5.41) is 10.0. The monoisotopic (exact) mass is 331 g/mol. The lowest BCUT2D eigenvalue weighted by Crippen LogP contribution is -2.37. The quantitative estimate of drug-likeness (QED) is 0.783. The summed E-state index contributed by atoms with van der Waals surface area (Å²) in [4.78, 5) is 5.69. The molecule has 4 heteroatoms. The fourth-order valence-electron chi connectivity index (χ4n) is 3.47. The van der Waals surface area contributed by atoms with Gasteiger partial charge in [0.2, 0.25) is 0 Å². The molecule has 0 saturated carbocycles. The van der Waals surface area contributed by atoms with Crippen molar-refractivity contribution in [1.82, 2.24) is 9.88 Å². The van der Waals surface area contributed by atoms with Gasteiger partial charge in [0.05, 0.1) is 11.6 Å². The number of fused-ring (bicyclic) bond motifs is 1. The summed E-state index contributed by atoms with van der Waals surface area (Å²) in [6.07, 6.45) is 4.31. The van der Waals surface area contributed by atoms with Crippen molar-refractivity contribution in [3.05, 3.63) is 65.9 Å². The maximum atomic E-state index is 8.88. The summed E-state index contributed by atoms with van der Waals surface area (Å²) in [6, 6.07) is 18.3. The van der Waals surface area contributed by atoms with E-state index >= 15 is 0 Å². The van der Waals surface area contributed by atoms with Gasteiger partial charge in [0, 0.05) is 36.7 Å². The van der Waals surface area contributed by atoms with Crippen LogP contribution in [0.4, 0.5) is 0 Å². The number of nitriles is 1. The molecule has 1 aromatic heterocycles. The number of piperidine rings is 1. The second-order valence-corrected chi connectivity index (χ2v) is 6.60. The number of hydrogen-bond donors (Lipinski definition) is 1. The molecule has 0 spiro atoms. The average Bonchev–Trinajstić information content (AvgIpc) is 3.14. The molecule has 1 aliphatic rings. The average molecular weight is 331 g/mol. The highest BCUT2D eigenvalue weighted by Gasteiger charge is 2.21. The Kier molecular flexibility index (Phi) is 4.41. The Morgan fingerprint density at radius 2 is 1.88 bits per heavy atom. The molecule has 4 rings (SSSR count). The van der Waals surface area contributed by atoms with E-state index in [9.17, 15) is 0 Å². The summed E-state index contributed by atoms with van der Waals surface area (Å²) in [6.45, 7) is 3.01. The molecule has 0 amide bonds. The van der Waals surface area contributed by atoms with Crippen LogP contribution >= 0.6 is 0 Å². The topological polar surface area (TPSA) is 52.1 Å². The van der Waals surface area contributed by atoms with Crippen LogP contribution in [-0.2, 0) is 6.54 Å². The van der Waals surface area contributed by atoms with Crippen molar-refractivity contribution in [3.8, 4) is 11.8 Å². The van der Waals surface area contributed by atoms with Crippen LogP contribution in [0.2, 0.25) is 0 Å². The second-order valence-electron chi connectivity index (χ2n) is 6.60. The molecular weight excluding hydrogens is 310 g/mol. The number of benzene rings is 2. The molecule has 2 aromatic carbocycles. The van der Waals surface area contributed by atoms with Gasteiger partial charge in [-0.3, -0.25) is 4.90 Å². The third-order valence-electron chi connectivity index (χ3n) is 4.87. The fraction of sp³-hybridized carbons (Fsp3) is 0.286. The van der Waals surface area contributed by atoms with Crippen LogP contribution in [0.25, 0.3) is 10.9 Å². The Hall–Kier alpha value is -2.77. The minimum Gasteiger partial charge on any atom is -0.490 e. The highest BCUT2D eigenvalue weighted by molar-refractivity contribution is 5.85. The minimum absolute atomic E-state index is 0.276. The summed E-state index contributed by atoms with van der Waals surface area (Å²) in [5.74, 6) is 0.976. The number of aromatic amines is 1. The van der Waals surface area contributed by atoms with Gasteiger partial charge in [-0.15, -0.1) is 0 Å². The second kappa shape index (κ2) is 7.00. The highest BCUT2D eigenvalue weighted by Crippen LogP contribution is 2.27. The zero-order valence-electron chi connectivity index (χ0n) is 14.1. The van der Waals surface area contributed by atoms with Crippen molar-refractivity contribution < 1.29 is 4.74 Å². The van der Waals surface area contributed by atoms with Gasteiger partial charge in [-0.05, 0) is 48.7 Å². The molecule has 3 aromatic rings. The lowest BCUT2D eigenvalue weighted by molar-refractivity contribution is 0.0980. The van der Waals surface area contributed by atoms with E-state index in [-0.39, 0.29) is 6.10 Å². The van der Waals surface area contributed by atoms with E-state index in [4.69, 9.17) is 10.00 Å². The van der Waals surface area contributed by atoms with Gasteiger partial charge >= 0.3 is 0 Å². The van der Waals surface area contributed by atoms with E-state index in [1.54, 1.807) is 0 Å². The Balaban J connectivity index is 1.33. The predicted molar refractivity (Wildman–Crippen MR) is 98.4 cm³/mol. The van der Waals surface area contributed by atoms with Crippen molar-refractivity contribution >= 4 is 10.9 Å². The number of nitrogens with zero attached hydrogens (tertiary/aromatic N) is 2. The number of rotatable bonds is 4. The van der Waals surface area contributed by atoms with Crippen LogP contribution in [-0.4, -0.2) is 29.1 Å². The van der Waals surface area contributed by atoms with Crippen molar-refractivity contribution in [1.29, 1.82) is 5.26 Å². The Morgan fingerprint density at radius 1 is 1.08 bits per heavy atom. The van der Waals surface area contributed by atoms with Crippen LogP contribution in [0.1, 0.15) is 24.0 Å². The summed E-state index contributed by atoms with van der Waals surface area (Å²) >= 11 is 0. The number of H-pyrrole nitrogens is 1. The van der Waals surface area contributed by atoms with Crippen LogP contribution in [0, 0.1) is 11.3 Å². The molecule has 1 saturated heterocycles. The van der Waals surface area contributed by atoms with E-state index in [0.29, 0.717) is 0 Å². The lowest BCUT2D eigenvalue weighted by atomic mass is 10.1. The molecule has 1 aliphatic heterocycles. The van der Waals surface area contributed by atoms with Gasteiger partial charge < -0.3 is 9.72 Å². The van der Waals surface area contributed by atoms with Gasteiger partial charge in [-0.25, -0.2) is 0 Å². The van der Waals surface area contributed by atoms with Crippen LogP contribution in [0.3, 0.4) is 0 Å². The minimum atomic E-state index is 0.276. The van der Waals surface area contributed by atoms with Gasteiger partial charge in [0.25, 0.3) is 0 Å². The molecule has 0 bridgehead atoms. The zero-order valence-corrected chi connectivity index (χ0v) is 14.1. The van der Waals surface area contributed by atoms with E-state index in [0.717, 1.165) is 54.7 Å².